The standard InChI is InChI=1S/C12H19FN2O2S/c1-2-18(16,17)8-4-7-12(15-14)10-5-3-6-11(13)9-10/h3,5-6,9,12,15H,2,4,7-8,14H2,1H3. The lowest BCUT2D eigenvalue weighted by Gasteiger charge is -2.16. The summed E-state index contributed by atoms with van der Waals surface area (Å²) < 4.78 is 35.8. The summed E-state index contributed by atoms with van der Waals surface area (Å²) in [5, 5.41) is 0. The van der Waals surface area contributed by atoms with Gasteiger partial charge in [0.2, 0.25) is 0 Å². The highest BCUT2D eigenvalue weighted by molar-refractivity contribution is 7.91. The van der Waals surface area contributed by atoms with Gasteiger partial charge in [0.15, 0.2) is 0 Å². The second-order valence-electron chi connectivity index (χ2n) is 4.15. The van der Waals surface area contributed by atoms with Crippen molar-refractivity contribution >= 4 is 9.84 Å². The molecule has 102 valence electrons. The Kier molecular flexibility index (Phi) is 5.71. The van der Waals surface area contributed by atoms with Gasteiger partial charge in [-0.2, -0.15) is 0 Å². The van der Waals surface area contributed by atoms with E-state index in [4.69, 9.17) is 5.84 Å². The third-order valence-corrected chi connectivity index (χ3v) is 4.63. The van der Waals surface area contributed by atoms with Crippen LogP contribution in [-0.2, 0) is 9.84 Å². The van der Waals surface area contributed by atoms with Crippen molar-refractivity contribution in [2.45, 2.75) is 25.8 Å². The Bertz CT molecular complexity index is 477. The molecule has 0 saturated carbocycles. The minimum Gasteiger partial charge on any atom is -0.271 e. The first-order chi connectivity index (χ1) is 8.48. The van der Waals surface area contributed by atoms with Gasteiger partial charge in [-0.3, -0.25) is 11.3 Å². The maximum absolute atomic E-state index is 13.1. The monoisotopic (exact) mass is 274 g/mol. The third-order valence-electron chi connectivity index (χ3n) is 2.84. The topological polar surface area (TPSA) is 72.2 Å². The minimum absolute atomic E-state index is 0.136. The fourth-order valence-corrected chi connectivity index (χ4v) is 2.62. The molecule has 0 aliphatic carbocycles. The molecule has 4 nitrogen and oxygen atoms in total. The molecular formula is C12H19FN2O2S. The molecule has 0 spiro atoms. The number of benzene rings is 1. The van der Waals surface area contributed by atoms with E-state index in [0.29, 0.717) is 12.8 Å². The average molecular weight is 274 g/mol. The van der Waals surface area contributed by atoms with Crippen LogP contribution in [0.25, 0.3) is 0 Å². The third kappa shape index (κ3) is 4.72. The molecule has 3 N–H and O–H groups in total. The van der Waals surface area contributed by atoms with Crippen LogP contribution in [0.15, 0.2) is 24.3 Å². The summed E-state index contributed by atoms with van der Waals surface area (Å²) in [7, 11) is -2.96. The Labute approximate surface area is 107 Å². The Morgan fingerprint density at radius 3 is 2.72 bits per heavy atom. The van der Waals surface area contributed by atoms with E-state index >= 15 is 0 Å². The number of rotatable bonds is 7. The molecule has 6 heteroatoms. The molecule has 1 unspecified atom stereocenters. The Morgan fingerprint density at radius 1 is 1.44 bits per heavy atom. The first kappa shape index (κ1) is 15.1. The Morgan fingerprint density at radius 2 is 2.17 bits per heavy atom. The molecular weight excluding hydrogens is 255 g/mol. The van der Waals surface area contributed by atoms with Gasteiger partial charge in [0.1, 0.15) is 15.7 Å². The van der Waals surface area contributed by atoms with Crippen LogP contribution in [0.1, 0.15) is 31.4 Å². The van der Waals surface area contributed by atoms with Gasteiger partial charge in [0, 0.05) is 11.8 Å². The molecule has 0 amide bonds. The van der Waals surface area contributed by atoms with Crippen molar-refractivity contribution in [1.29, 1.82) is 0 Å². The van der Waals surface area contributed by atoms with Crippen LogP contribution < -0.4 is 11.3 Å². The van der Waals surface area contributed by atoms with Crippen LogP contribution >= 0.6 is 0 Å². The first-order valence-corrected chi connectivity index (χ1v) is 7.72. The summed E-state index contributed by atoms with van der Waals surface area (Å²) in [4.78, 5) is 0. The van der Waals surface area contributed by atoms with Gasteiger partial charge in [0.25, 0.3) is 0 Å². The predicted molar refractivity (Wildman–Crippen MR) is 70.0 cm³/mol. The number of sulfone groups is 1. The van der Waals surface area contributed by atoms with Gasteiger partial charge in [-0.15, -0.1) is 0 Å². The first-order valence-electron chi connectivity index (χ1n) is 5.90. The van der Waals surface area contributed by atoms with Gasteiger partial charge < -0.3 is 0 Å². The van der Waals surface area contributed by atoms with Gasteiger partial charge in [0.05, 0.1) is 5.75 Å². The molecule has 0 bridgehead atoms. The molecule has 0 aromatic heterocycles. The van der Waals surface area contributed by atoms with Gasteiger partial charge in [-0.1, -0.05) is 19.1 Å². The summed E-state index contributed by atoms with van der Waals surface area (Å²) in [6.45, 7) is 1.63. The molecule has 1 atom stereocenters. The zero-order valence-corrected chi connectivity index (χ0v) is 11.2. The predicted octanol–water partition coefficient (Wildman–Crippen LogP) is 1.54. The number of nitrogens with one attached hydrogen (secondary N) is 1. The minimum atomic E-state index is -2.96. The molecule has 0 saturated heterocycles. The number of hydrazine groups is 1. The highest BCUT2D eigenvalue weighted by Gasteiger charge is 2.13. The Balaban J connectivity index is 2.58. The Hall–Kier alpha value is -0.980. The van der Waals surface area contributed by atoms with E-state index in [-0.39, 0.29) is 23.4 Å². The lowest BCUT2D eigenvalue weighted by atomic mass is 10.0. The van der Waals surface area contributed by atoms with Crippen LogP contribution in [0.5, 0.6) is 0 Å². The summed E-state index contributed by atoms with van der Waals surface area (Å²) >= 11 is 0. The van der Waals surface area contributed by atoms with E-state index in [1.165, 1.54) is 12.1 Å². The molecule has 0 heterocycles. The maximum Gasteiger partial charge on any atom is 0.150 e. The van der Waals surface area contributed by atoms with Crippen molar-refractivity contribution < 1.29 is 12.8 Å². The van der Waals surface area contributed by atoms with E-state index in [1.807, 2.05) is 0 Å². The lowest BCUT2D eigenvalue weighted by molar-refractivity contribution is 0.503. The number of hydrogen-bond donors (Lipinski definition) is 2. The SMILES string of the molecule is CCS(=O)(=O)CCCC(NN)c1cccc(F)c1. The largest absolute Gasteiger partial charge is 0.271 e. The van der Waals surface area contributed by atoms with Crippen LogP contribution in [0, 0.1) is 5.82 Å². The van der Waals surface area contributed by atoms with Crippen LogP contribution in [0.4, 0.5) is 4.39 Å². The number of hydrogen-bond acceptors (Lipinski definition) is 4. The van der Waals surface area contributed by atoms with Crippen molar-refractivity contribution in [3.8, 4) is 0 Å². The second kappa shape index (κ2) is 6.82. The zero-order valence-electron chi connectivity index (χ0n) is 10.4. The van der Waals surface area contributed by atoms with Crippen LogP contribution in [0.2, 0.25) is 0 Å². The molecule has 0 aliphatic rings. The second-order valence-corrected chi connectivity index (χ2v) is 6.63. The maximum atomic E-state index is 13.1. The smallest absolute Gasteiger partial charge is 0.150 e. The highest BCUT2D eigenvalue weighted by atomic mass is 32.2. The lowest BCUT2D eigenvalue weighted by Crippen LogP contribution is -2.28. The van der Waals surface area contributed by atoms with Crippen molar-refractivity contribution in [2.24, 2.45) is 5.84 Å². The quantitative estimate of drug-likeness (QED) is 0.584. The molecule has 1 aromatic carbocycles. The summed E-state index contributed by atoms with van der Waals surface area (Å²) in [6.07, 6.45) is 1.06. The fraction of sp³-hybridized carbons (Fsp3) is 0.500. The summed E-state index contributed by atoms with van der Waals surface area (Å²) in [5.41, 5.74) is 3.32. The zero-order chi connectivity index (χ0) is 13.6. The van der Waals surface area contributed by atoms with Crippen molar-refractivity contribution in [3.63, 3.8) is 0 Å². The van der Waals surface area contributed by atoms with Gasteiger partial charge in [-0.05, 0) is 30.5 Å². The van der Waals surface area contributed by atoms with Crippen molar-refractivity contribution in [1.82, 2.24) is 5.43 Å². The van der Waals surface area contributed by atoms with E-state index in [9.17, 15) is 12.8 Å². The highest BCUT2D eigenvalue weighted by Crippen LogP contribution is 2.18. The van der Waals surface area contributed by atoms with Crippen molar-refractivity contribution in [3.05, 3.63) is 35.6 Å². The van der Waals surface area contributed by atoms with Crippen molar-refractivity contribution in [2.75, 3.05) is 11.5 Å². The number of halogens is 1. The molecule has 0 aliphatic heterocycles. The van der Waals surface area contributed by atoms with E-state index < -0.39 is 9.84 Å². The van der Waals surface area contributed by atoms with Crippen LogP contribution in [0.3, 0.4) is 0 Å². The molecule has 0 radical (unpaired) electrons. The average Bonchev–Trinajstić information content (AvgIpc) is 2.34. The molecule has 1 aromatic rings. The van der Waals surface area contributed by atoms with Crippen LogP contribution in [-0.4, -0.2) is 19.9 Å². The normalized spacial score (nSPS) is 13.5. The number of nitrogens with two attached hydrogens (primary N) is 1. The van der Waals surface area contributed by atoms with E-state index in [0.717, 1.165) is 5.56 Å². The van der Waals surface area contributed by atoms with E-state index in [1.54, 1.807) is 19.1 Å². The fourth-order valence-electron chi connectivity index (χ4n) is 1.72. The molecule has 1 rings (SSSR count). The van der Waals surface area contributed by atoms with Gasteiger partial charge >= 0.3 is 0 Å². The molecule has 0 fully saturated rings. The molecule has 18 heavy (non-hydrogen) atoms. The van der Waals surface area contributed by atoms with Gasteiger partial charge in [-0.25, -0.2) is 12.8 Å². The summed E-state index contributed by atoms with van der Waals surface area (Å²) in [6, 6.07) is 5.91. The summed E-state index contributed by atoms with van der Waals surface area (Å²) in [5.74, 6) is 5.37. The van der Waals surface area contributed by atoms with E-state index in [2.05, 4.69) is 5.43 Å².